The van der Waals surface area contributed by atoms with Crippen LogP contribution in [-0.2, 0) is 0 Å². The van der Waals surface area contributed by atoms with E-state index < -0.39 is 0 Å². The molecular formula is C13H8N4S. The van der Waals surface area contributed by atoms with Crippen LogP contribution >= 0.6 is 11.3 Å². The maximum Gasteiger partial charge on any atom is 0.182 e. The zero-order valence-electron chi connectivity index (χ0n) is 9.29. The van der Waals surface area contributed by atoms with Crippen molar-refractivity contribution in [2.45, 2.75) is 0 Å². The van der Waals surface area contributed by atoms with E-state index in [1.165, 1.54) is 10.1 Å². The molecule has 0 aliphatic rings. The molecule has 5 heteroatoms. The molecule has 3 aromatic rings. The highest BCUT2D eigenvalue weighted by molar-refractivity contribution is 7.17. The number of fused-ring (bicyclic) bond motifs is 1. The van der Waals surface area contributed by atoms with Crippen molar-refractivity contribution in [1.29, 1.82) is 5.26 Å². The van der Waals surface area contributed by atoms with Gasteiger partial charge < -0.3 is 0 Å². The lowest BCUT2D eigenvalue weighted by Gasteiger charge is -1.99. The molecule has 0 aliphatic carbocycles. The number of hydrogen-bond donors (Lipinski definition) is 1. The molecule has 0 unspecified atom stereocenters. The molecule has 0 saturated heterocycles. The average Bonchev–Trinajstić information content (AvgIpc) is 2.84. The zero-order valence-corrected chi connectivity index (χ0v) is 10.1. The molecule has 0 spiro atoms. The van der Waals surface area contributed by atoms with Gasteiger partial charge in [0.2, 0.25) is 0 Å². The fraction of sp³-hybridized carbons (Fsp3) is 0. The Morgan fingerprint density at radius 2 is 2.00 bits per heavy atom. The summed E-state index contributed by atoms with van der Waals surface area (Å²) in [5.74, 6) is 0.459. The van der Waals surface area contributed by atoms with E-state index in [4.69, 9.17) is 5.26 Å². The SMILES string of the molecule is N#CNc1ccc(-c2csc3ccccc23)nn1. The largest absolute Gasteiger partial charge is 0.275 e. The van der Waals surface area contributed by atoms with Gasteiger partial charge >= 0.3 is 0 Å². The van der Waals surface area contributed by atoms with Crippen LogP contribution in [0.2, 0.25) is 0 Å². The summed E-state index contributed by atoms with van der Waals surface area (Å²) in [6.07, 6.45) is 1.82. The number of nitrogens with zero attached hydrogens (tertiary/aromatic N) is 3. The third-order valence-corrected chi connectivity index (χ3v) is 3.57. The summed E-state index contributed by atoms with van der Waals surface area (Å²) in [5.41, 5.74) is 1.89. The Morgan fingerprint density at radius 3 is 2.78 bits per heavy atom. The lowest BCUT2D eigenvalue weighted by Crippen LogP contribution is -1.94. The van der Waals surface area contributed by atoms with E-state index in [1.807, 2.05) is 24.4 Å². The van der Waals surface area contributed by atoms with Gasteiger partial charge in [0.15, 0.2) is 12.0 Å². The fourth-order valence-corrected chi connectivity index (χ4v) is 2.73. The van der Waals surface area contributed by atoms with Gasteiger partial charge in [0.1, 0.15) is 0 Å². The van der Waals surface area contributed by atoms with Crippen molar-refractivity contribution >= 4 is 27.2 Å². The van der Waals surface area contributed by atoms with Crippen molar-refractivity contribution < 1.29 is 0 Å². The first-order valence-electron chi connectivity index (χ1n) is 5.34. The average molecular weight is 252 g/mol. The molecule has 0 amide bonds. The summed E-state index contributed by atoms with van der Waals surface area (Å²) >= 11 is 1.69. The minimum Gasteiger partial charge on any atom is -0.275 e. The lowest BCUT2D eigenvalue weighted by molar-refractivity contribution is 1.04. The van der Waals surface area contributed by atoms with Crippen LogP contribution in [0.3, 0.4) is 0 Å². The van der Waals surface area contributed by atoms with Gasteiger partial charge in [-0.05, 0) is 18.2 Å². The Bertz CT molecular complexity index is 725. The summed E-state index contributed by atoms with van der Waals surface area (Å²) < 4.78 is 1.23. The molecule has 0 fully saturated rings. The van der Waals surface area contributed by atoms with Crippen molar-refractivity contribution in [3.8, 4) is 17.5 Å². The number of hydrogen-bond acceptors (Lipinski definition) is 5. The second kappa shape index (κ2) is 4.43. The Morgan fingerprint density at radius 1 is 1.11 bits per heavy atom. The van der Waals surface area contributed by atoms with E-state index in [2.05, 4.69) is 33.0 Å². The van der Waals surface area contributed by atoms with Gasteiger partial charge in [0, 0.05) is 21.0 Å². The van der Waals surface area contributed by atoms with E-state index in [9.17, 15) is 0 Å². The highest BCUT2D eigenvalue weighted by Crippen LogP contribution is 2.32. The van der Waals surface area contributed by atoms with Crippen molar-refractivity contribution in [2.24, 2.45) is 0 Å². The number of thiophene rings is 1. The predicted octanol–water partition coefficient (Wildman–Crippen LogP) is 3.25. The van der Waals surface area contributed by atoms with Crippen molar-refractivity contribution in [3.05, 3.63) is 41.8 Å². The zero-order chi connectivity index (χ0) is 12.4. The first-order valence-corrected chi connectivity index (χ1v) is 6.22. The number of nitriles is 1. The first-order chi connectivity index (χ1) is 8.88. The molecule has 0 aliphatic heterocycles. The Hall–Kier alpha value is -2.45. The van der Waals surface area contributed by atoms with E-state index >= 15 is 0 Å². The topological polar surface area (TPSA) is 61.6 Å². The molecule has 0 bridgehead atoms. The molecular weight excluding hydrogens is 244 g/mol. The molecule has 18 heavy (non-hydrogen) atoms. The molecule has 3 rings (SSSR count). The second-order valence-corrected chi connectivity index (χ2v) is 4.60. The summed E-state index contributed by atoms with van der Waals surface area (Å²) in [5, 5.41) is 22.3. The van der Waals surface area contributed by atoms with Crippen LogP contribution in [0.25, 0.3) is 21.3 Å². The number of benzene rings is 1. The van der Waals surface area contributed by atoms with Gasteiger partial charge in [-0.2, -0.15) is 5.26 Å². The third kappa shape index (κ3) is 1.79. The predicted molar refractivity (Wildman–Crippen MR) is 72.1 cm³/mol. The molecule has 0 saturated carbocycles. The molecule has 86 valence electrons. The van der Waals surface area contributed by atoms with Gasteiger partial charge in [-0.15, -0.1) is 21.5 Å². The van der Waals surface area contributed by atoms with Gasteiger partial charge in [-0.1, -0.05) is 18.2 Å². The van der Waals surface area contributed by atoms with E-state index in [1.54, 1.807) is 17.4 Å². The van der Waals surface area contributed by atoms with E-state index in [-0.39, 0.29) is 0 Å². The van der Waals surface area contributed by atoms with Crippen LogP contribution < -0.4 is 5.32 Å². The highest BCUT2D eigenvalue weighted by Gasteiger charge is 2.07. The van der Waals surface area contributed by atoms with Crippen LogP contribution in [0, 0.1) is 11.5 Å². The maximum absolute atomic E-state index is 8.49. The minimum absolute atomic E-state index is 0.459. The molecule has 0 atom stereocenters. The summed E-state index contributed by atoms with van der Waals surface area (Å²) in [6, 6.07) is 11.8. The van der Waals surface area contributed by atoms with Gasteiger partial charge in [-0.3, -0.25) is 5.32 Å². The number of aromatic nitrogens is 2. The van der Waals surface area contributed by atoms with Crippen molar-refractivity contribution in [1.82, 2.24) is 10.2 Å². The highest BCUT2D eigenvalue weighted by atomic mass is 32.1. The molecule has 1 N–H and O–H groups in total. The quantitative estimate of drug-likeness (QED) is 0.561. The van der Waals surface area contributed by atoms with Crippen LogP contribution in [0.5, 0.6) is 0 Å². The second-order valence-electron chi connectivity index (χ2n) is 3.69. The van der Waals surface area contributed by atoms with Crippen molar-refractivity contribution in [2.75, 3.05) is 5.32 Å². The number of nitrogens with one attached hydrogen (secondary N) is 1. The van der Waals surface area contributed by atoms with Crippen LogP contribution in [-0.4, -0.2) is 10.2 Å². The third-order valence-electron chi connectivity index (χ3n) is 2.61. The summed E-state index contributed by atoms with van der Waals surface area (Å²) in [4.78, 5) is 0. The summed E-state index contributed by atoms with van der Waals surface area (Å²) in [7, 11) is 0. The van der Waals surface area contributed by atoms with Crippen LogP contribution in [0.1, 0.15) is 0 Å². The van der Waals surface area contributed by atoms with Gasteiger partial charge in [0.25, 0.3) is 0 Å². The standard InChI is InChI=1S/C13H8N4S/c14-8-15-13-6-5-11(16-17-13)10-7-18-12-4-2-1-3-9(10)12/h1-7H,(H,15,17). The van der Waals surface area contributed by atoms with E-state index in [0.29, 0.717) is 5.82 Å². The van der Waals surface area contributed by atoms with Gasteiger partial charge in [0.05, 0.1) is 5.69 Å². The van der Waals surface area contributed by atoms with E-state index in [0.717, 1.165) is 11.3 Å². The Labute approximate surface area is 108 Å². The number of rotatable bonds is 2. The molecule has 1 aromatic carbocycles. The monoisotopic (exact) mass is 252 g/mol. The minimum atomic E-state index is 0.459. The molecule has 2 heterocycles. The molecule has 2 aromatic heterocycles. The Kier molecular flexibility index (Phi) is 2.63. The lowest BCUT2D eigenvalue weighted by atomic mass is 10.1. The molecule has 0 radical (unpaired) electrons. The van der Waals surface area contributed by atoms with Crippen LogP contribution in [0.4, 0.5) is 5.82 Å². The first kappa shape index (κ1) is 10.7. The van der Waals surface area contributed by atoms with Crippen molar-refractivity contribution in [3.63, 3.8) is 0 Å². The number of anilines is 1. The summed E-state index contributed by atoms with van der Waals surface area (Å²) in [6.45, 7) is 0. The fourth-order valence-electron chi connectivity index (χ4n) is 1.78. The smallest absolute Gasteiger partial charge is 0.182 e. The normalized spacial score (nSPS) is 10.2. The van der Waals surface area contributed by atoms with Gasteiger partial charge in [-0.25, -0.2) is 0 Å². The Balaban J connectivity index is 2.07. The molecule has 4 nitrogen and oxygen atoms in total. The maximum atomic E-state index is 8.49. The van der Waals surface area contributed by atoms with Crippen LogP contribution in [0.15, 0.2) is 41.8 Å².